The van der Waals surface area contributed by atoms with Crippen LogP contribution in [0.3, 0.4) is 0 Å². The van der Waals surface area contributed by atoms with E-state index in [0.29, 0.717) is 0 Å². The Morgan fingerprint density at radius 1 is 1.62 bits per heavy atom. The minimum atomic E-state index is 0.775. The lowest BCUT2D eigenvalue weighted by Crippen LogP contribution is -1.91. The molecule has 0 aromatic carbocycles. The zero-order valence-corrected chi connectivity index (χ0v) is 5.39. The molecule has 1 N–H and O–H groups in total. The molecule has 0 rings (SSSR count). The summed E-state index contributed by atoms with van der Waals surface area (Å²) in [6, 6.07) is 0. The van der Waals surface area contributed by atoms with Crippen molar-refractivity contribution in [3.8, 4) is 0 Å². The molecule has 0 saturated heterocycles. The average molecular weight is 112 g/mol. The molecular weight excluding hydrogens is 100 g/mol. The van der Waals surface area contributed by atoms with Crippen molar-refractivity contribution in [2.75, 3.05) is 13.6 Å². The highest BCUT2D eigenvalue weighted by molar-refractivity contribution is 5.53. The van der Waals surface area contributed by atoms with Crippen LogP contribution in [0.2, 0.25) is 0 Å². The molecule has 0 bridgehead atoms. The Morgan fingerprint density at radius 2 is 2.38 bits per heavy atom. The summed E-state index contributed by atoms with van der Waals surface area (Å²) < 4.78 is 0. The highest BCUT2D eigenvalue weighted by Crippen LogP contribution is 1.68. The van der Waals surface area contributed by atoms with E-state index in [1.54, 1.807) is 6.21 Å². The first-order valence-corrected chi connectivity index (χ1v) is 2.68. The van der Waals surface area contributed by atoms with Gasteiger partial charge in [0, 0.05) is 7.05 Å². The molecule has 0 heterocycles. The fourth-order valence-electron chi connectivity index (χ4n) is 0.337. The maximum Gasteiger partial charge on any atom is 0.0583 e. The second-order valence-electron chi connectivity index (χ2n) is 1.31. The number of aliphatic imine (C=N–C) groups is 1. The molecule has 0 aromatic rings. The quantitative estimate of drug-likeness (QED) is 0.537. The van der Waals surface area contributed by atoms with Crippen molar-refractivity contribution in [1.82, 2.24) is 5.32 Å². The van der Waals surface area contributed by atoms with Crippen molar-refractivity contribution in [2.45, 2.75) is 6.92 Å². The Balaban J connectivity index is 3.03. The van der Waals surface area contributed by atoms with Crippen molar-refractivity contribution in [3.05, 3.63) is 12.3 Å². The summed E-state index contributed by atoms with van der Waals surface area (Å²) in [6.07, 6.45) is 5.62. The number of nitrogens with one attached hydrogen (secondary N) is 1. The van der Waals surface area contributed by atoms with E-state index < -0.39 is 0 Å². The number of hydrogen-bond acceptors (Lipinski definition) is 2. The first-order chi connectivity index (χ1) is 3.91. The van der Waals surface area contributed by atoms with E-state index in [1.165, 1.54) is 0 Å². The van der Waals surface area contributed by atoms with Crippen LogP contribution in [0.4, 0.5) is 0 Å². The molecule has 0 fully saturated rings. The van der Waals surface area contributed by atoms with Gasteiger partial charge in [-0.1, -0.05) is 0 Å². The Kier molecular flexibility index (Phi) is 5.60. The molecule has 0 atom stereocenters. The van der Waals surface area contributed by atoms with Crippen LogP contribution in [-0.2, 0) is 0 Å². The van der Waals surface area contributed by atoms with Gasteiger partial charge in [0.1, 0.15) is 0 Å². The summed E-state index contributed by atoms with van der Waals surface area (Å²) in [5.41, 5.74) is 0. The van der Waals surface area contributed by atoms with Gasteiger partial charge in [-0.25, -0.2) is 0 Å². The van der Waals surface area contributed by atoms with Gasteiger partial charge in [-0.3, -0.25) is 4.99 Å². The lowest BCUT2D eigenvalue weighted by atomic mass is 10.6. The predicted octanol–water partition coefficient (Wildman–Crippen LogP) is 0.810. The maximum absolute atomic E-state index is 3.96. The van der Waals surface area contributed by atoms with Crippen LogP contribution < -0.4 is 5.32 Å². The SMILES string of the molecule is CC=NC/C=C\NC. The van der Waals surface area contributed by atoms with Crippen molar-refractivity contribution in [2.24, 2.45) is 4.99 Å². The molecular formula is C6H12N2. The second kappa shape index (κ2) is 6.21. The average Bonchev–Trinajstić information content (AvgIpc) is 1.81. The van der Waals surface area contributed by atoms with Crippen molar-refractivity contribution in [1.29, 1.82) is 0 Å². The van der Waals surface area contributed by atoms with E-state index in [9.17, 15) is 0 Å². The first-order valence-electron chi connectivity index (χ1n) is 2.68. The van der Waals surface area contributed by atoms with Crippen molar-refractivity contribution >= 4 is 6.21 Å². The molecule has 0 aliphatic carbocycles. The van der Waals surface area contributed by atoms with Gasteiger partial charge in [0.25, 0.3) is 0 Å². The van der Waals surface area contributed by atoms with Gasteiger partial charge in [-0.15, -0.1) is 0 Å². The molecule has 0 aliphatic rings. The molecule has 0 radical (unpaired) electrons. The molecule has 8 heavy (non-hydrogen) atoms. The van der Waals surface area contributed by atoms with Gasteiger partial charge in [-0.05, 0) is 25.4 Å². The third-order valence-electron chi connectivity index (χ3n) is 0.678. The lowest BCUT2D eigenvalue weighted by Gasteiger charge is -1.82. The summed E-state index contributed by atoms with van der Waals surface area (Å²) in [7, 11) is 1.87. The Morgan fingerprint density at radius 3 is 2.88 bits per heavy atom. The van der Waals surface area contributed by atoms with Crippen LogP contribution in [-0.4, -0.2) is 19.8 Å². The van der Waals surface area contributed by atoms with Crippen LogP contribution in [0.5, 0.6) is 0 Å². The number of rotatable bonds is 3. The van der Waals surface area contributed by atoms with Gasteiger partial charge in [0.05, 0.1) is 6.54 Å². The highest BCUT2D eigenvalue weighted by atomic mass is 14.8. The summed E-state index contributed by atoms with van der Waals surface area (Å²) in [6.45, 7) is 2.69. The molecule has 0 aliphatic heterocycles. The van der Waals surface area contributed by atoms with E-state index in [2.05, 4.69) is 10.3 Å². The molecule has 0 amide bonds. The number of hydrogen-bond donors (Lipinski definition) is 1. The standard InChI is InChI=1S/C6H12N2/c1-3-8-6-4-5-7-2/h3-5,7H,6H2,1-2H3/b5-4-,8-3?. The van der Waals surface area contributed by atoms with Crippen LogP contribution >= 0.6 is 0 Å². The van der Waals surface area contributed by atoms with E-state index in [1.807, 2.05) is 26.2 Å². The fourth-order valence-corrected chi connectivity index (χ4v) is 0.337. The van der Waals surface area contributed by atoms with Crippen LogP contribution in [0, 0.1) is 0 Å². The van der Waals surface area contributed by atoms with E-state index in [0.717, 1.165) is 6.54 Å². The van der Waals surface area contributed by atoms with Gasteiger partial charge in [0.15, 0.2) is 0 Å². The monoisotopic (exact) mass is 112 g/mol. The van der Waals surface area contributed by atoms with Gasteiger partial charge < -0.3 is 5.32 Å². The van der Waals surface area contributed by atoms with Crippen molar-refractivity contribution in [3.63, 3.8) is 0 Å². The smallest absolute Gasteiger partial charge is 0.0583 e. The van der Waals surface area contributed by atoms with E-state index in [-0.39, 0.29) is 0 Å². The Hall–Kier alpha value is -0.790. The largest absolute Gasteiger partial charge is 0.394 e. The first kappa shape index (κ1) is 7.21. The molecule has 0 aromatic heterocycles. The summed E-state index contributed by atoms with van der Waals surface area (Å²) >= 11 is 0. The third-order valence-corrected chi connectivity index (χ3v) is 0.678. The topological polar surface area (TPSA) is 24.4 Å². The molecule has 2 nitrogen and oxygen atoms in total. The summed E-state index contributed by atoms with van der Waals surface area (Å²) in [4.78, 5) is 3.96. The van der Waals surface area contributed by atoms with Crippen LogP contribution in [0.1, 0.15) is 6.92 Å². The second-order valence-corrected chi connectivity index (χ2v) is 1.31. The van der Waals surface area contributed by atoms with Gasteiger partial charge in [0.2, 0.25) is 0 Å². The zero-order valence-electron chi connectivity index (χ0n) is 5.39. The molecule has 0 unspecified atom stereocenters. The molecule has 0 saturated carbocycles. The van der Waals surface area contributed by atoms with Gasteiger partial charge in [-0.2, -0.15) is 0 Å². The van der Waals surface area contributed by atoms with E-state index in [4.69, 9.17) is 0 Å². The third kappa shape index (κ3) is 5.21. The predicted molar refractivity (Wildman–Crippen MR) is 37.2 cm³/mol. The minimum absolute atomic E-state index is 0.775. The lowest BCUT2D eigenvalue weighted by molar-refractivity contribution is 1.08. The molecule has 0 spiro atoms. The highest BCUT2D eigenvalue weighted by Gasteiger charge is 1.63. The van der Waals surface area contributed by atoms with Crippen LogP contribution in [0.15, 0.2) is 17.3 Å². The van der Waals surface area contributed by atoms with Crippen LogP contribution in [0.25, 0.3) is 0 Å². The zero-order chi connectivity index (χ0) is 6.24. The van der Waals surface area contributed by atoms with Gasteiger partial charge >= 0.3 is 0 Å². The molecule has 46 valence electrons. The van der Waals surface area contributed by atoms with Crippen molar-refractivity contribution < 1.29 is 0 Å². The summed E-state index contributed by atoms with van der Waals surface area (Å²) in [5.74, 6) is 0. The molecule has 2 heteroatoms. The number of nitrogens with zero attached hydrogens (tertiary/aromatic N) is 1. The van der Waals surface area contributed by atoms with E-state index >= 15 is 0 Å². The Labute approximate surface area is 50.3 Å². The summed E-state index contributed by atoms with van der Waals surface area (Å²) in [5, 5.41) is 2.87. The maximum atomic E-state index is 3.96. The normalized spacial score (nSPS) is 11.2. The fraction of sp³-hybridized carbons (Fsp3) is 0.500. The minimum Gasteiger partial charge on any atom is -0.394 e. The Bertz CT molecular complexity index is 84.5.